The number of nitrogens with zero attached hydrogens (tertiary/aromatic N) is 2. The number of aryl methyl sites for hydroxylation is 1. The van der Waals surface area contributed by atoms with E-state index in [1.807, 2.05) is 6.92 Å². The van der Waals surface area contributed by atoms with Crippen molar-refractivity contribution in [2.24, 2.45) is 0 Å². The van der Waals surface area contributed by atoms with E-state index in [0.717, 1.165) is 16.6 Å². The number of anilines is 1. The predicted octanol–water partition coefficient (Wildman–Crippen LogP) is 4.32. The van der Waals surface area contributed by atoms with Crippen molar-refractivity contribution in [1.29, 1.82) is 0 Å². The number of aliphatic hydroxyl groups excluding tert-OH is 1. The van der Waals surface area contributed by atoms with E-state index in [9.17, 15) is 9.50 Å². The molecule has 0 fully saturated rings. The van der Waals surface area contributed by atoms with Gasteiger partial charge in [-0.2, -0.15) is 0 Å². The summed E-state index contributed by atoms with van der Waals surface area (Å²) in [6.45, 7) is 4.05. The summed E-state index contributed by atoms with van der Waals surface area (Å²) >= 11 is 1.64. The molecular formula is C18H20FN3OS. The van der Waals surface area contributed by atoms with Crippen LogP contribution >= 0.6 is 11.3 Å². The molecule has 0 unspecified atom stereocenters. The molecule has 2 N–H and O–H groups in total. The van der Waals surface area contributed by atoms with Gasteiger partial charge in [0, 0.05) is 10.4 Å². The monoisotopic (exact) mass is 345 g/mol. The molecule has 0 amide bonds. The highest BCUT2D eigenvalue weighted by atomic mass is 32.1. The Morgan fingerprint density at radius 1 is 1.25 bits per heavy atom. The Balaban J connectivity index is 1.91. The highest BCUT2D eigenvalue weighted by Crippen LogP contribution is 2.31. The second-order valence-corrected chi connectivity index (χ2v) is 6.75. The van der Waals surface area contributed by atoms with Gasteiger partial charge in [0.1, 0.15) is 28.9 Å². The van der Waals surface area contributed by atoms with Gasteiger partial charge in [0.15, 0.2) is 0 Å². The van der Waals surface area contributed by atoms with Crippen molar-refractivity contribution in [1.82, 2.24) is 9.97 Å². The summed E-state index contributed by atoms with van der Waals surface area (Å²) in [5.41, 5.74) is 0.293. The zero-order chi connectivity index (χ0) is 17.1. The van der Waals surface area contributed by atoms with Gasteiger partial charge < -0.3 is 10.4 Å². The fourth-order valence-electron chi connectivity index (χ4n) is 2.71. The van der Waals surface area contributed by atoms with Gasteiger partial charge in [0.2, 0.25) is 0 Å². The first-order chi connectivity index (χ1) is 11.6. The summed E-state index contributed by atoms with van der Waals surface area (Å²) in [6.07, 6.45) is 2.13. The quantitative estimate of drug-likeness (QED) is 0.699. The Kier molecular flexibility index (Phi) is 5.06. The van der Waals surface area contributed by atoms with Gasteiger partial charge in [0.05, 0.1) is 11.4 Å². The molecule has 2 aromatic heterocycles. The van der Waals surface area contributed by atoms with Crippen molar-refractivity contribution >= 4 is 27.4 Å². The standard InChI is InChI=1S/C18H20FN3OS/c1-3-11-9-13-17(20-10-21-18(13)24-11)22-15(4-2)16(23)12-7-5-6-8-14(12)19/h5-10,15-16,23H,3-4H2,1-2H3,(H,20,21,22)/t15-,16+/m1/s1. The fourth-order valence-corrected chi connectivity index (χ4v) is 3.64. The van der Waals surface area contributed by atoms with E-state index in [4.69, 9.17) is 0 Å². The van der Waals surface area contributed by atoms with Crippen LogP contribution in [0.3, 0.4) is 0 Å². The Morgan fingerprint density at radius 3 is 2.75 bits per heavy atom. The smallest absolute Gasteiger partial charge is 0.138 e. The van der Waals surface area contributed by atoms with Crippen molar-refractivity contribution in [3.05, 3.63) is 52.9 Å². The van der Waals surface area contributed by atoms with Crippen LogP contribution in [0, 0.1) is 5.82 Å². The predicted molar refractivity (Wildman–Crippen MR) is 95.9 cm³/mol. The second kappa shape index (κ2) is 7.23. The zero-order valence-corrected chi connectivity index (χ0v) is 14.5. The molecule has 3 aromatic rings. The molecule has 6 heteroatoms. The van der Waals surface area contributed by atoms with Gasteiger partial charge in [-0.25, -0.2) is 14.4 Å². The Hall–Kier alpha value is -2.05. The number of hydrogen-bond donors (Lipinski definition) is 2. The lowest BCUT2D eigenvalue weighted by Crippen LogP contribution is -2.28. The molecule has 0 saturated heterocycles. The zero-order valence-electron chi connectivity index (χ0n) is 13.7. The SMILES string of the molecule is CCc1cc2c(N[C@H](CC)[C@@H](O)c3ccccc3F)ncnc2s1. The fraction of sp³-hybridized carbons (Fsp3) is 0.333. The van der Waals surface area contributed by atoms with Gasteiger partial charge in [-0.3, -0.25) is 0 Å². The van der Waals surface area contributed by atoms with E-state index in [1.54, 1.807) is 29.5 Å². The van der Waals surface area contributed by atoms with Crippen molar-refractivity contribution in [2.75, 3.05) is 5.32 Å². The van der Waals surface area contributed by atoms with Gasteiger partial charge >= 0.3 is 0 Å². The van der Waals surface area contributed by atoms with E-state index in [-0.39, 0.29) is 6.04 Å². The lowest BCUT2D eigenvalue weighted by Gasteiger charge is -2.24. The first kappa shape index (κ1) is 16.8. The van der Waals surface area contributed by atoms with Crippen LogP contribution in [-0.4, -0.2) is 21.1 Å². The molecule has 0 bridgehead atoms. The number of nitrogens with one attached hydrogen (secondary N) is 1. The highest BCUT2D eigenvalue weighted by Gasteiger charge is 2.23. The first-order valence-electron chi connectivity index (χ1n) is 8.06. The number of rotatable bonds is 6. The molecule has 24 heavy (non-hydrogen) atoms. The summed E-state index contributed by atoms with van der Waals surface area (Å²) in [5.74, 6) is 0.278. The van der Waals surface area contributed by atoms with Crippen molar-refractivity contribution in [3.63, 3.8) is 0 Å². The van der Waals surface area contributed by atoms with Gasteiger partial charge in [-0.05, 0) is 25.0 Å². The molecule has 2 heterocycles. The van der Waals surface area contributed by atoms with Gasteiger partial charge in [0.25, 0.3) is 0 Å². The number of aliphatic hydroxyl groups is 1. The second-order valence-electron chi connectivity index (χ2n) is 5.63. The van der Waals surface area contributed by atoms with Crippen molar-refractivity contribution in [2.45, 2.75) is 38.8 Å². The number of benzene rings is 1. The topological polar surface area (TPSA) is 58.0 Å². The van der Waals surface area contributed by atoms with Crippen LogP contribution in [0.2, 0.25) is 0 Å². The lowest BCUT2D eigenvalue weighted by molar-refractivity contribution is 0.148. The third kappa shape index (κ3) is 3.25. The molecule has 3 rings (SSSR count). The molecule has 126 valence electrons. The third-order valence-electron chi connectivity index (χ3n) is 4.10. The van der Waals surface area contributed by atoms with Crippen molar-refractivity contribution < 1.29 is 9.50 Å². The minimum absolute atomic E-state index is 0.293. The molecular weight excluding hydrogens is 325 g/mol. The first-order valence-corrected chi connectivity index (χ1v) is 8.88. The van der Waals surface area contributed by atoms with Crippen LogP contribution in [-0.2, 0) is 6.42 Å². The molecule has 0 radical (unpaired) electrons. The Morgan fingerprint density at radius 2 is 2.04 bits per heavy atom. The van der Waals surface area contributed by atoms with Crippen LogP contribution in [0.25, 0.3) is 10.2 Å². The number of halogens is 1. The molecule has 0 spiro atoms. The molecule has 1 aromatic carbocycles. The van der Waals surface area contributed by atoms with E-state index in [2.05, 4.69) is 28.3 Å². The average molecular weight is 345 g/mol. The molecule has 2 atom stereocenters. The lowest BCUT2D eigenvalue weighted by atomic mass is 9.99. The van der Waals surface area contributed by atoms with E-state index in [0.29, 0.717) is 17.8 Å². The summed E-state index contributed by atoms with van der Waals surface area (Å²) < 4.78 is 14.0. The van der Waals surface area contributed by atoms with Gasteiger partial charge in [-0.15, -0.1) is 11.3 Å². The van der Waals surface area contributed by atoms with E-state index >= 15 is 0 Å². The molecule has 4 nitrogen and oxygen atoms in total. The molecule has 0 aliphatic carbocycles. The maximum absolute atomic E-state index is 14.0. The number of thiophene rings is 1. The normalized spacial score (nSPS) is 13.8. The maximum Gasteiger partial charge on any atom is 0.138 e. The van der Waals surface area contributed by atoms with Crippen molar-refractivity contribution in [3.8, 4) is 0 Å². The van der Waals surface area contributed by atoms with Crippen LogP contribution in [0.5, 0.6) is 0 Å². The summed E-state index contributed by atoms with van der Waals surface area (Å²) in [5, 5.41) is 14.8. The van der Waals surface area contributed by atoms with Gasteiger partial charge in [-0.1, -0.05) is 32.0 Å². The number of hydrogen-bond acceptors (Lipinski definition) is 5. The minimum atomic E-state index is -0.953. The average Bonchev–Trinajstić information content (AvgIpc) is 3.03. The number of aromatic nitrogens is 2. The highest BCUT2D eigenvalue weighted by molar-refractivity contribution is 7.18. The largest absolute Gasteiger partial charge is 0.386 e. The van der Waals surface area contributed by atoms with Crippen LogP contribution in [0.4, 0.5) is 10.2 Å². The summed E-state index contributed by atoms with van der Waals surface area (Å²) in [7, 11) is 0. The van der Waals surface area contributed by atoms with E-state index < -0.39 is 11.9 Å². The maximum atomic E-state index is 14.0. The third-order valence-corrected chi connectivity index (χ3v) is 5.28. The van der Waals surface area contributed by atoms with Crippen LogP contribution in [0.1, 0.15) is 36.8 Å². The minimum Gasteiger partial charge on any atom is -0.386 e. The van der Waals surface area contributed by atoms with Crippen LogP contribution < -0.4 is 5.32 Å². The van der Waals surface area contributed by atoms with E-state index in [1.165, 1.54) is 17.3 Å². The Labute approximate surface area is 144 Å². The molecule has 0 aliphatic heterocycles. The molecule has 0 saturated carbocycles. The Bertz CT molecular complexity index is 836. The molecule has 0 aliphatic rings. The number of fused-ring (bicyclic) bond motifs is 1. The summed E-state index contributed by atoms with van der Waals surface area (Å²) in [6, 6.07) is 8.05. The summed E-state index contributed by atoms with van der Waals surface area (Å²) in [4.78, 5) is 10.8. The van der Waals surface area contributed by atoms with Crippen LogP contribution in [0.15, 0.2) is 36.7 Å².